The van der Waals surface area contributed by atoms with Crippen molar-refractivity contribution >= 4 is 34.0 Å². The van der Waals surface area contributed by atoms with E-state index in [1.54, 1.807) is 0 Å². The van der Waals surface area contributed by atoms with Crippen molar-refractivity contribution in [3.8, 4) is 0 Å². The molecule has 29 heteroatoms. The second-order valence-electron chi connectivity index (χ2n) is 8.19. The van der Waals surface area contributed by atoms with Crippen LogP contribution in [-0.4, -0.2) is 65.8 Å². The average Bonchev–Trinajstić information content (AvgIpc) is 2.83. The number of rotatable bonds is 9. The van der Waals surface area contributed by atoms with Gasteiger partial charge in [0.15, 0.2) is 23.3 Å². The molecule has 0 aromatic heterocycles. The normalized spacial score (nSPS) is 17.1. The Hall–Kier alpha value is -1.80. The van der Waals surface area contributed by atoms with E-state index in [1.165, 1.54) is 0 Å². The van der Waals surface area contributed by atoms with Gasteiger partial charge >= 0.3 is 60.5 Å². The van der Waals surface area contributed by atoms with Gasteiger partial charge in [-0.3, -0.25) is 0 Å². The van der Waals surface area contributed by atoms with Crippen LogP contribution in [0.4, 0.5) is 114 Å². The maximum absolute atomic E-state index is 15.1. The SMILES string of the molecule is Fc1c(F)c(F)c([Si](Cl)(Cl)C(F)(C(F)(F)F)C(F)(F)C(F)(F)C(F)(F)C(F)(F)C(F)(F)C(F)(F)C(F)(F)C(F)(F)F)c(F)c1F. The molecule has 1 rings (SSSR count). The largest absolute Gasteiger partial charge is 0.460 e. The molecule has 0 aliphatic carbocycles. The van der Waals surface area contributed by atoms with E-state index < -0.39 is 100 Å². The van der Waals surface area contributed by atoms with E-state index in [2.05, 4.69) is 22.2 Å². The highest BCUT2D eigenvalue weighted by Crippen LogP contribution is 2.67. The molecule has 0 saturated carbocycles. The van der Waals surface area contributed by atoms with Gasteiger partial charge in [0.05, 0.1) is 5.19 Å². The molecule has 0 spiro atoms. The highest BCUT2D eigenvalue weighted by molar-refractivity contribution is 7.52. The monoisotopic (exact) mass is 784 g/mol. The Morgan fingerprint density at radius 2 is 0.533 bits per heavy atom. The van der Waals surface area contributed by atoms with Crippen molar-refractivity contribution in [2.75, 3.05) is 0 Å². The molecule has 0 aliphatic rings. The second-order valence-corrected chi connectivity index (χ2v) is 14.5. The molecule has 45 heavy (non-hydrogen) atoms. The summed E-state index contributed by atoms with van der Waals surface area (Å²) >= 11 is 8.85. The zero-order chi connectivity index (χ0) is 37.0. The lowest BCUT2D eigenvalue weighted by molar-refractivity contribution is -0.467. The van der Waals surface area contributed by atoms with E-state index in [1.807, 2.05) is 0 Å². The molecule has 0 saturated heterocycles. The summed E-state index contributed by atoms with van der Waals surface area (Å²) in [5.41, 5.74) is 0. The summed E-state index contributed by atoms with van der Waals surface area (Å²) in [6, 6.07) is 0. The molecule has 1 aromatic rings. The van der Waals surface area contributed by atoms with Crippen molar-refractivity contribution in [3.05, 3.63) is 29.1 Å². The van der Waals surface area contributed by atoms with Crippen LogP contribution >= 0.6 is 22.2 Å². The fraction of sp³-hybridized carbons (Fsp3) is 0.625. The van der Waals surface area contributed by atoms with E-state index in [-0.39, 0.29) is 0 Å². The average molecular weight is 785 g/mol. The van der Waals surface area contributed by atoms with Crippen molar-refractivity contribution in [3.63, 3.8) is 0 Å². The van der Waals surface area contributed by atoms with Crippen LogP contribution in [0.2, 0.25) is 0 Å². The van der Waals surface area contributed by atoms with Gasteiger partial charge in [0, 0.05) is 0 Å². The first kappa shape index (κ1) is 41.2. The van der Waals surface area contributed by atoms with Gasteiger partial charge < -0.3 is 0 Å². The third-order valence-corrected chi connectivity index (χ3v) is 10.7. The van der Waals surface area contributed by atoms with E-state index >= 15 is 4.39 Å². The van der Waals surface area contributed by atoms with Crippen molar-refractivity contribution in [2.24, 2.45) is 0 Å². The van der Waals surface area contributed by atoms with Crippen molar-refractivity contribution in [2.45, 2.75) is 59.1 Å². The summed E-state index contributed by atoms with van der Waals surface area (Å²) in [4.78, 5) is 0. The first-order chi connectivity index (χ1) is 19.2. The molecule has 0 N–H and O–H groups in total. The summed E-state index contributed by atoms with van der Waals surface area (Å²) < 4.78 is 352. The highest BCUT2D eigenvalue weighted by atomic mass is 35.7. The van der Waals surface area contributed by atoms with Gasteiger partial charge in [-0.2, -0.15) is 87.8 Å². The number of halogens is 28. The van der Waals surface area contributed by atoms with Gasteiger partial charge in [-0.1, -0.05) is 0 Å². The molecule has 0 fully saturated rings. The van der Waals surface area contributed by atoms with Crippen LogP contribution in [0.5, 0.6) is 0 Å². The Labute approximate surface area is 237 Å². The van der Waals surface area contributed by atoms with E-state index in [0.29, 0.717) is 0 Å². The van der Waals surface area contributed by atoms with Crippen molar-refractivity contribution < 1.29 is 114 Å². The Morgan fingerprint density at radius 3 is 0.778 bits per heavy atom. The molecule has 264 valence electrons. The lowest BCUT2D eigenvalue weighted by Gasteiger charge is -2.47. The minimum Gasteiger partial charge on any atom is -0.227 e. The van der Waals surface area contributed by atoms with E-state index in [9.17, 15) is 110 Å². The van der Waals surface area contributed by atoms with Crippen LogP contribution < -0.4 is 5.19 Å². The maximum Gasteiger partial charge on any atom is 0.460 e. The number of alkyl halides is 21. The van der Waals surface area contributed by atoms with Crippen LogP contribution in [-0.2, 0) is 0 Å². The Kier molecular flexibility index (Phi) is 9.71. The van der Waals surface area contributed by atoms with Crippen molar-refractivity contribution in [1.29, 1.82) is 0 Å². The molecule has 1 aromatic carbocycles. The first-order valence-corrected chi connectivity index (χ1v) is 13.6. The van der Waals surface area contributed by atoms with Crippen LogP contribution in [0, 0.1) is 29.1 Å². The standard InChI is InChI=1S/C16Cl2F26Si/c17-45(18,6-4(22)2(20)1(19)3(21)5(6)23)14(38,16(42,43)44)12(34,35)10(30,31)8(26,27)7(24,25)9(28,29)11(32,33)13(36,37)15(39,40)41. The lowest BCUT2D eigenvalue weighted by Crippen LogP contribution is -2.81. The molecule has 1 atom stereocenters. The molecule has 0 amide bonds. The zero-order valence-electron chi connectivity index (χ0n) is 19.1. The van der Waals surface area contributed by atoms with Gasteiger partial charge in [0.1, 0.15) is 0 Å². The Bertz CT molecular complexity index is 1280. The Balaban J connectivity index is 4.28. The predicted molar refractivity (Wildman–Crippen MR) is 93.9 cm³/mol. The smallest absolute Gasteiger partial charge is 0.227 e. The number of hydrogen-bond acceptors (Lipinski definition) is 0. The van der Waals surface area contributed by atoms with Crippen LogP contribution in [0.3, 0.4) is 0 Å². The van der Waals surface area contributed by atoms with Crippen molar-refractivity contribution in [1.82, 2.24) is 0 Å². The molecule has 0 heterocycles. The first-order valence-electron chi connectivity index (χ1n) is 9.54. The summed E-state index contributed by atoms with van der Waals surface area (Å²) in [6.45, 7) is -8.82. The number of hydrogen-bond donors (Lipinski definition) is 0. The quantitative estimate of drug-likeness (QED) is 0.0771. The summed E-state index contributed by atoms with van der Waals surface area (Å²) in [7, 11) is 0. The molecule has 0 radical (unpaired) electrons. The van der Waals surface area contributed by atoms with Gasteiger partial charge in [-0.15, -0.1) is 22.2 Å². The zero-order valence-corrected chi connectivity index (χ0v) is 21.6. The summed E-state index contributed by atoms with van der Waals surface area (Å²) in [5.74, 6) is -83.9. The Morgan fingerprint density at radius 1 is 0.311 bits per heavy atom. The molecule has 0 aliphatic heterocycles. The summed E-state index contributed by atoms with van der Waals surface area (Å²) in [6.07, 6.45) is -16.6. The molecular weight excluding hydrogens is 785 g/mol. The maximum atomic E-state index is 15.1. The fourth-order valence-electron chi connectivity index (χ4n) is 2.99. The second kappa shape index (κ2) is 10.6. The van der Waals surface area contributed by atoms with Crippen LogP contribution in [0.1, 0.15) is 0 Å². The van der Waals surface area contributed by atoms with E-state index in [4.69, 9.17) is 0 Å². The highest BCUT2D eigenvalue weighted by Gasteiger charge is 2.99. The van der Waals surface area contributed by atoms with Gasteiger partial charge in [0.2, 0.25) is 5.82 Å². The lowest BCUT2D eigenvalue weighted by atomic mass is 9.87. The minimum atomic E-state index is -9.60. The predicted octanol–water partition coefficient (Wildman–Crippen LogP) is 9.33. The topological polar surface area (TPSA) is 0 Å². The molecule has 0 bridgehead atoms. The van der Waals surface area contributed by atoms with Gasteiger partial charge in [-0.05, 0) is 0 Å². The van der Waals surface area contributed by atoms with Gasteiger partial charge in [-0.25, -0.2) is 26.3 Å². The third kappa shape index (κ3) is 4.88. The van der Waals surface area contributed by atoms with E-state index in [0.717, 1.165) is 0 Å². The minimum absolute atomic E-state index is 3.48. The van der Waals surface area contributed by atoms with Crippen LogP contribution in [0.15, 0.2) is 0 Å². The molecular formula is C16Cl2F26Si. The van der Waals surface area contributed by atoms with Crippen LogP contribution in [0.25, 0.3) is 0 Å². The molecule has 1 unspecified atom stereocenters. The van der Waals surface area contributed by atoms with Gasteiger partial charge in [0.25, 0.3) is 5.29 Å². The number of benzene rings is 1. The third-order valence-electron chi connectivity index (χ3n) is 5.50. The molecule has 0 nitrogen and oxygen atoms in total. The fourth-order valence-corrected chi connectivity index (χ4v) is 7.36. The summed E-state index contributed by atoms with van der Waals surface area (Å²) in [5, 5.41) is -12.4.